The van der Waals surface area contributed by atoms with E-state index in [0.717, 1.165) is 12.8 Å². The van der Waals surface area contributed by atoms with Crippen LogP contribution in [0.4, 0.5) is 10.1 Å². The normalized spacial score (nSPS) is 21.4. The predicted molar refractivity (Wildman–Crippen MR) is 73.1 cm³/mol. The Labute approximate surface area is 120 Å². The van der Waals surface area contributed by atoms with Gasteiger partial charge in [0.15, 0.2) is 0 Å². The van der Waals surface area contributed by atoms with Gasteiger partial charge in [0.05, 0.1) is 11.4 Å². The number of carbonyl (C=O) groups is 1. The van der Waals surface area contributed by atoms with Crippen molar-refractivity contribution in [3.05, 3.63) is 30.3 Å². The van der Waals surface area contributed by atoms with E-state index < -0.39 is 5.82 Å². The third-order valence-electron chi connectivity index (χ3n) is 3.67. The van der Waals surface area contributed by atoms with Gasteiger partial charge in [-0.2, -0.15) is 0 Å². The van der Waals surface area contributed by atoms with Crippen LogP contribution in [-0.4, -0.2) is 32.2 Å². The molecule has 8 heteroatoms. The van der Waals surface area contributed by atoms with Gasteiger partial charge in [0.2, 0.25) is 5.91 Å². The van der Waals surface area contributed by atoms with Crippen LogP contribution in [-0.2, 0) is 4.79 Å². The zero-order valence-electron chi connectivity index (χ0n) is 11.2. The first-order valence-electron chi connectivity index (χ1n) is 6.73. The molecule has 1 heterocycles. The molecule has 2 unspecified atom stereocenters. The fourth-order valence-electron chi connectivity index (χ4n) is 2.52. The molecule has 1 amide bonds. The maximum atomic E-state index is 13.8. The first-order valence-corrected chi connectivity index (χ1v) is 6.73. The number of nitrogens with one attached hydrogen (secondary N) is 1. The van der Waals surface area contributed by atoms with Crippen LogP contribution in [0.5, 0.6) is 0 Å². The lowest BCUT2D eigenvalue weighted by Crippen LogP contribution is -2.23. The van der Waals surface area contributed by atoms with E-state index in [1.165, 1.54) is 29.2 Å². The molecule has 1 aliphatic rings. The molecule has 110 valence electrons. The Bertz CT molecular complexity index is 644. The predicted octanol–water partition coefficient (Wildman–Crippen LogP) is 0.867. The molecule has 1 saturated carbocycles. The average molecular weight is 290 g/mol. The van der Waals surface area contributed by atoms with Crippen LogP contribution >= 0.6 is 0 Å². The highest BCUT2D eigenvalue weighted by Gasteiger charge is 2.28. The van der Waals surface area contributed by atoms with E-state index in [1.54, 1.807) is 0 Å². The fourth-order valence-corrected chi connectivity index (χ4v) is 2.52. The minimum Gasteiger partial charge on any atom is -0.328 e. The lowest BCUT2D eigenvalue weighted by Gasteiger charge is -2.12. The smallest absolute Gasteiger partial charge is 0.227 e. The van der Waals surface area contributed by atoms with Crippen molar-refractivity contribution >= 4 is 11.6 Å². The lowest BCUT2D eigenvalue weighted by atomic mass is 10.1. The van der Waals surface area contributed by atoms with Crippen LogP contribution in [0, 0.1) is 11.7 Å². The molecule has 0 saturated heterocycles. The van der Waals surface area contributed by atoms with Gasteiger partial charge in [0, 0.05) is 12.0 Å². The topological polar surface area (TPSA) is 98.7 Å². The number of hydrogen-bond acceptors (Lipinski definition) is 5. The monoisotopic (exact) mass is 290 g/mol. The van der Waals surface area contributed by atoms with Crippen LogP contribution < -0.4 is 11.1 Å². The molecule has 3 rings (SSSR count). The molecule has 0 bridgehead atoms. The largest absolute Gasteiger partial charge is 0.328 e. The quantitative estimate of drug-likeness (QED) is 0.873. The van der Waals surface area contributed by atoms with Crippen molar-refractivity contribution in [1.29, 1.82) is 0 Å². The number of anilines is 1. The summed E-state index contributed by atoms with van der Waals surface area (Å²) >= 11 is 0. The van der Waals surface area contributed by atoms with Crippen molar-refractivity contribution in [2.24, 2.45) is 11.7 Å². The van der Waals surface area contributed by atoms with Crippen molar-refractivity contribution in [3.63, 3.8) is 0 Å². The maximum Gasteiger partial charge on any atom is 0.227 e. The van der Waals surface area contributed by atoms with Gasteiger partial charge in [-0.25, -0.2) is 9.07 Å². The lowest BCUT2D eigenvalue weighted by molar-refractivity contribution is -0.119. The second-order valence-electron chi connectivity index (χ2n) is 5.18. The minimum atomic E-state index is -0.498. The first kappa shape index (κ1) is 13.6. The molecule has 1 fully saturated rings. The van der Waals surface area contributed by atoms with Crippen LogP contribution in [0.25, 0.3) is 5.69 Å². The third-order valence-corrected chi connectivity index (χ3v) is 3.67. The van der Waals surface area contributed by atoms with Crippen molar-refractivity contribution in [1.82, 2.24) is 20.2 Å². The second-order valence-corrected chi connectivity index (χ2v) is 5.18. The van der Waals surface area contributed by atoms with Gasteiger partial charge >= 0.3 is 0 Å². The Morgan fingerprint density at radius 2 is 2.29 bits per heavy atom. The van der Waals surface area contributed by atoms with Crippen LogP contribution in [0.3, 0.4) is 0 Å². The summed E-state index contributed by atoms with van der Waals surface area (Å²) in [6.45, 7) is 0. The van der Waals surface area contributed by atoms with Crippen molar-refractivity contribution in [2.75, 3.05) is 5.32 Å². The van der Waals surface area contributed by atoms with Crippen molar-refractivity contribution < 1.29 is 9.18 Å². The standard InChI is InChI=1S/C13H15FN6O/c14-11-4-3-10(20-7-16-18-19-20)6-12(11)17-13(21)8-1-2-9(15)5-8/h3-4,6-9H,1-2,5,15H2,(H,17,21). The number of tetrazole rings is 1. The number of amides is 1. The highest BCUT2D eigenvalue weighted by Crippen LogP contribution is 2.26. The van der Waals surface area contributed by atoms with Gasteiger partial charge in [-0.15, -0.1) is 5.10 Å². The number of nitrogens with zero attached hydrogens (tertiary/aromatic N) is 4. The summed E-state index contributed by atoms with van der Waals surface area (Å²) in [6.07, 6.45) is 3.60. The number of carbonyl (C=O) groups excluding carboxylic acids is 1. The number of aromatic nitrogens is 4. The van der Waals surface area contributed by atoms with Crippen LogP contribution in [0.1, 0.15) is 19.3 Å². The number of benzene rings is 1. The van der Waals surface area contributed by atoms with Gasteiger partial charge in [-0.05, 0) is 47.9 Å². The molecular weight excluding hydrogens is 275 g/mol. The molecular formula is C13H15FN6O. The molecule has 1 aromatic carbocycles. The SMILES string of the molecule is NC1CCC(C(=O)Nc2cc(-n3cnnn3)ccc2F)C1. The van der Waals surface area contributed by atoms with Gasteiger partial charge in [-0.3, -0.25) is 4.79 Å². The Morgan fingerprint density at radius 1 is 1.43 bits per heavy atom. The highest BCUT2D eigenvalue weighted by molar-refractivity contribution is 5.93. The zero-order valence-corrected chi connectivity index (χ0v) is 11.2. The Balaban J connectivity index is 1.78. The van der Waals surface area contributed by atoms with Crippen molar-refractivity contribution in [2.45, 2.75) is 25.3 Å². The summed E-state index contributed by atoms with van der Waals surface area (Å²) in [5.41, 5.74) is 6.48. The van der Waals surface area contributed by atoms with Gasteiger partial charge in [-0.1, -0.05) is 0 Å². The van der Waals surface area contributed by atoms with E-state index in [2.05, 4.69) is 20.8 Å². The number of hydrogen-bond donors (Lipinski definition) is 2. The summed E-state index contributed by atoms with van der Waals surface area (Å²) in [5, 5.41) is 13.4. The Kier molecular flexibility index (Phi) is 3.61. The highest BCUT2D eigenvalue weighted by atomic mass is 19.1. The Hall–Kier alpha value is -2.35. The number of nitrogens with two attached hydrogens (primary N) is 1. The van der Waals surface area contributed by atoms with E-state index in [1.807, 2.05) is 0 Å². The third kappa shape index (κ3) is 2.89. The van der Waals surface area contributed by atoms with E-state index >= 15 is 0 Å². The molecule has 0 aliphatic heterocycles. The van der Waals surface area contributed by atoms with Gasteiger partial charge in [0.25, 0.3) is 0 Å². The zero-order chi connectivity index (χ0) is 14.8. The van der Waals surface area contributed by atoms with Crippen LogP contribution in [0.2, 0.25) is 0 Å². The maximum absolute atomic E-state index is 13.8. The molecule has 7 nitrogen and oxygen atoms in total. The van der Waals surface area contributed by atoms with E-state index in [0.29, 0.717) is 12.1 Å². The summed E-state index contributed by atoms with van der Waals surface area (Å²) in [6, 6.07) is 4.36. The summed E-state index contributed by atoms with van der Waals surface area (Å²) < 4.78 is 15.2. The summed E-state index contributed by atoms with van der Waals surface area (Å²) in [5.74, 6) is -0.853. The Morgan fingerprint density at radius 3 is 2.95 bits per heavy atom. The molecule has 1 aromatic heterocycles. The van der Waals surface area contributed by atoms with Crippen molar-refractivity contribution in [3.8, 4) is 5.69 Å². The molecule has 2 atom stereocenters. The number of halogens is 1. The molecule has 3 N–H and O–H groups in total. The van der Waals surface area contributed by atoms with Crippen LogP contribution in [0.15, 0.2) is 24.5 Å². The fraction of sp³-hybridized carbons (Fsp3) is 0.385. The molecule has 0 spiro atoms. The summed E-state index contributed by atoms with van der Waals surface area (Å²) in [4.78, 5) is 12.1. The first-order chi connectivity index (χ1) is 10.1. The van der Waals surface area contributed by atoms with E-state index in [4.69, 9.17) is 5.73 Å². The number of rotatable bonds is 3. The van der Waals surface area contributed by atoms with E-state index in [9.17, 15) is 9.18 Å². The van der Waals surface area contributed by atoms with E-state index in [-0.39, 0.29) is 23.6 Å². The molecule has 0 radical (unpaired) electrons. The minimum absolute atomic E-state index is 0.0538. The molecule has 21 heavy (non-hydrogen) atoms. The molecule has 2 aromatic rings. The van der Waals surface area contributed by atoms with Gasteiger partial charge < -0.3 is 11.1 Å². The second kappa shape index (κ2) is 5.57. The molecule has 1 aliphatic carbocycles. The summed E-state index contributed by atoms with van der Waals surface area (Å²) in [7, 11) is 0. The average Bonchev–Trinajstić information content (AvgIpc) is 3.12. The van der Waals surface area contributed by atoms with Gasteiger partial charge in [0.1, 0.15) is 12.1 Å².